The number of fused-ring (bicyclic) bond motifs is 1. The molecule has 2 bridgehead atoms. The minimum absolute atomic E-state index is 0.0356. The quantitative estimate of drug-likeness (QED) is 0.449. The van der Waals surface area contributed by atoms with Crippen molar-refractivity contribution in [3.63, 3.8) is 0 Å². The number of aliphatic carboxylic acids is 1. The predicted octanol–water partition coefficient (Wildman–Crippen LogP) is 5.70. The van der Waals surface area contributed by atoms with Gasteiger partial charge in [0.15, 0.2) is 0 Å². The average Bonchev–Trinajstić information content (AvgIpc) is 3.11. The van der Waals surface area contributed by atoms with Crippen LogP contribution in [0.5, 0.6) is 0 Å². The molecule has 5 heteroatoms. The van der Waals surface area contributed by atoms with E-state index in [2.05, 4.69) is 26.8 Å². The normalized spacial score (nSPS) is 44.1. The number of carboxylic acids is 1. The number of benzene rings is 1. The molecule has 7 rings (SSSR count). The first-order valence-corrected chi connectivity index (χ1v) is 13.4. The van der Waals surface area contributed by atoms with Crippen LogP contribution in [0.1, 0.15) is 66.2 Å². The van der Waals surface area contributed by atoms with Gasteiger partial charge in [-0.3, -0.25) is 19.3 Å². The molecule has 5 aliphatic carbocycles. The van der Waals surface area contributed by atoms with E-state index in [-0.39, 0.29) is 52.2 Å². The molecule has 2 amide bonds. The molecule has 6 aliphatic rings. The summed E-state index contributed by atoms with van der Waals surface area (Å²) in [5.74, 6) is -0.668. The maximum Gasteiger partial charge on any atom is 0.309 e. The molecule has 1 saturated heterocycles. The van der Waals surface area contributed by atoms with Gasteiger partial charge in [-0.2, -0.15) is 0 Å². The number of hydrogen-bond donors (Lipinski definition) is 1. The molecule has 0 aromatic heterocycles. The van der Waals surface area contributed by atoms with Crippen LogP contribution in [0, 0.1) is 51.8 Å². The van der Waals surface area contributed by atoms with Gasteiger partial charge in [0.1, 0.15) is 0 Å². The third-order valence-electron chi connectivity index (χ3n) is 11.2. The molecule has 35 heavy (non-hydrogen) atoms. The highest BCUT2D eigenvalue weighted by atomic mass is 16.4. The van der Waals surface area contributed by atoms with Crippen molar-refractivity contribution < 1.29 is 19.5 Å². The molecule has 5 nitrogen and oxygen atoms in total. The summed E-state index contributed by atoms with van der Waals surface area (Å²) in [5.41, 5.74) is 0.789. The van der Waals surface area contributed by atoms with Gasteiger partial charge in [-0.25, -0.2) is 0 Å². The summed E-state index contributed by atoms with van der Waals surface area (Å²) < 4.78 is 0. The van der Waals surface area contributed by atoms with Crippen molar-refractivity contribution in [2.24, 2.45) is 51.8 Å². The van der Waals surface area contributed by atoms with Gasteiger partial charge in [0.05, 0.1) is 22.9 Å². The lowest BCUT2D eigenvalue weighted by Gasteiger charge is -2.68. The minimum atomic E-state index is -0.721. The second-order valence-corrected chi connectivity index (χ2v) is 12.8. The number of imide groups is 1. The zero-order valence-electron chi connectivity index (χ0n) is 21.3. The highest BCUT2D eigenvalue weighted by molar-refractivity contribution is 6.22. The maximum atomic E-state index is 14.1. The van der Waals surface area contributed by atoms with Gasteiger partial charge in [-0.15, -0.1) is 0 Å². The summed E-state index contributed by atoms with van der Waals surface area (Å²) in [6, 6.07) is 9.39. The van der Waals surface area contributed by atoms with E-state index in [1.807, 2.05) is 37.3 Å². The Kier molecular flexibility index (Phi) is 4.80. The van der Waals surface area contributed by atoms with Crippen molar-refractivity contribution in [1.82, 2.24) is 0 Å². The Bertz CT molecular complexity index is 1140. The summed E-state index contributed by atoms with van der Waals surface area (Å²) >= 11 is 0. The van der Waals surface area contributed by atoms with Crippen molar-refractivity contribution >= 4 is 23.5 Å². The Morgan fingerprint density at radius 2 is 1.74 bits per heavy atom. The second-order valence-electron chi connectivity index (χ2n) is 12.8. The van der Waals surface area contributed by atoms with E-state index < -0.39 is 11.4 Å². The van der Waals surface area contributed by atoms with Crippen LogP contribution in [0.15, 0.2) is 42.0 Å². The molecule has 1 heterocycles. The van der Waals surface area contributed by atoms with E-state index in [1.165, 1.54) is 10.5 Å². The maximum absolute atomic E-state index is 14.1. The molecule has 1 N–H and O–H groups in total. The molecule has 0 unspecified atom stereocenters. The first kappa shape index (κ1) is 23.0. The van der Waals surface area contributed by atoms with E-state index >= 15 is 0 Å². The summed E-state index contributed by atoms with van der Waals surface area (Å²) in [6.07, 6.45) is 7.58. The van der Waals surface area contributed by atoms with Crippen molar-refractivity contribution in [1.29, 1.82) is 0 Å². The molecule has 1 aliphatic heterocycles. The van der Waals surface area contributed by atoms with Gasteiger partial charge in [0.2, 0.25) is 11.8 Å². The molecular weight excluding hydrogens is 438 g/mol. The van der Waals surface area contributed by atoms with E-state index in [0.29, 0.717) is 11.6 Å². The van der Waals surface area contributed by atoms with Crippen LogP contribution >= 0.6 is 0 Å². The van der Waals surface area contributed by atoms with Crippen molar-refractivity contribution in [2.75, 3.05) is 4.90 Å². The largest absolute Gasteiger partial charge is 0.481 e. The van der Waals surface area contributed by atoms with Gasteiger partial charge in [0.25, 0.3) is 0 Å². The fourth-order valence-corrected chi connectivity index (χ4v) is 9.79. The van der Waals surface area contributed by atoms with Gasteiger partial charge in [-0.1, -0.05) is 57.0 Å². The standard InChI is InChI=1S/C30H37NO4/c1-17(2)20-16-30-14-11-21-28(3,12-8-13-29(21,4)27(34)35)22(30)15-19(20)23-24(30)26(33)31(25(23)32)18-9-6-5-7-10-18/h5-7,9-10,16-17,19,21-24H,8,11-15H2,1-4H3,(H,34,35)/t19-,21+,22+,23+,24-,28+,29-,30+/m1/s1. The van der Waals surface area contributed by atoms with Crippen LogP contribution in [0.4, 0.5) is 5.69 Å². The lowest BCUT2D eigenvalue weighted by atomic mass is 9.34. The number of anilines is 1. The molecule has 8 atom stereocenters. The third-order valence-corrected chi connectivity index (χ3v) is 11.2. The fraction of sp³-hybridized carbons (Fsp3) is 0.633. The first-order valence-electron chi connectivity index (χ1n) is 13.4. The van der Waals surface area contributed by atoms with E-state index in [9.17, 15) is 19.5 Å². The van der Waals surface area contributed by atoms with Crippen LogP contribution in [0.25, 0.3) is 0 Å². The Balaban J connectivity index is 1.50. The molecule has 1 aromatic carbocycles. The number of allylic oxidation sites excluding steroid dienone is 2. The Hall–Kier alpha value is -2.43. The molecular formula is C30H37NO4. The van der Waals surface area contributed by atoms with Gasteiger partial charge >= 0.3 is 5.97 Å². The van der Waals surface area contributed by atoms with Crippen molar-refractivity contribution in [2.45, 2.75) is 66.2 Å². The molecule has 0 radical (unpaired) electrons. The van der Waals surface area contributed by atoms with Gasteiger partial charge in [-0.05, 0) is 80.2 Å². The number of nitrogens with zero attached hydrogens (tertiary/aromatic N) is 1. The zero-order chi connectivity index (χ0) is 24.9. The molecule has 1 spiro atoms. The van der Waals surface area contributed by atoms with Gasteiger partial charge in [0, 0.05) is 5.41 Å². The van der Waals surface area contributed by atoms with Crippen LogP contribution in [-0.4, -0.2) is 22.9 Å². The number of para-hydroxylation sites is 1. The smallest absolute Gasteiger partial charge is 0.309 e. The lowest BCUT2D eigenvalue weighted by molar-refractivity contribution is -0.194. The number of carbonyl (C=O) groups is 3. The SMILES string of the molecule is CC(C)C1=C[C@@]23CC[C@H]4[C@](C)(CCC[C@@]4(C)C(=O)O)[C@@H]2C[C@H]1[C@@H]1C(=O)N(c2ccccc2)C(=O)[C@@H]13. The second kappa shape index (κ2) is 7.30. The number of carboxylic acid groups (broad SMARTS) is 1. The molecule has 4 fully saturated rings. The van der Waals surface area contributed by atoms with E-state index in [4.69, 9.17) is 0 Å². The summed E-state index contributed by atoms with van der Waals surface area (Å²) in [4.78, 5) is 42.0. The summed E-state index contributed by atoms with van der Waals surface area (Å²) in [5, 5.41) is 10.3. The van der Waals surface area contributed by atoms with Gasteiger partial charge < -0.3 is 5.11 Å². The van der Waals surface area contributed by atoms with Crippen LogP contribution in [0.2, 0.25) is 0 Å². The summed E-state index contributed by atoms with van der Waals surface area (Å²) in [6.45, 7) is 8.69. The van der Waals surface area contributed by atoms with Crippen molar-refractivity contribution in [3.8, 4) is 0 Å². The van der Waals surface area contributed by atoms with Crippen LogP contribution < -0.4 is 4.90 Å². The molecule has 3 saturated carbocycles. The number of amides is 2. The Morgan fingerprint density at radius 1 is 1.03 bits per heavy atom. The highest BCUT2D eigenvalue weighted by Crippen LogP contribution is 2.74. The lowest BCUT2D eigenvalue weighted by Crippen LogP contribution is -2.65. The highest BCUT2D eigenvalue weighted by Gasteiger charge is 2.73. The van der Waals surface area contributed by atoms with Crippen LogP contribution in [0.3, 0.4) is 0 Å². The first-order chi connectivity index (χ1) is 16.6. The minimum Gasteiger partial charge on any atom is -0.481 e. The predicted molar refractivity (Wildman–Crippen MR) is 133 cm³/mol. The monoisotopic (exact) mass is 475 g/mol. The zero-order valence-corrected chi connectivity index (χ0v) is 21.3. The van der Waals surface area contributed by atoms with E-state index in [1.54, 1.807) is 0 Å². The summed E-state index contributed by atoms with van der Waals surface area (Å²) in [7, 11) is 0. The number of carbonyl (C=O) groups excluding carboxylic acids is 2. The van der Waals surface area contributed by atoms with Crippen molar-refractivity contribution in [3.05, 3.63) is 42.0 Å². The van der Waals surface area contributed by atoms with E-state index in [0.717, 1.165) is 38.5 Å². The average molecular weight is 476 g/mol. The molecule has 1 aromatic rings. The Labute approximate surface area is 208 Å². The molecule has 186 valence electrons. The Morgan fingerprint density at radius 3 is 2.40 bits per heavy atom. The number of hydrogen-bond acceptors (Lipinski definition) is 3. The van der Waals surface area contributed by atoms with Crippen LogP contribution in [-0.2, 0) is 14.4 Å². The topological polar surface area (TPSA) is 74.7 Å². The fourth-order valence-electron chi connectivity index (χ4n) is 9.79. The third kappa shape index (κ3) is 2.73. The number of rotatable bonds is 3.